The summed E-state index contributed by atoms with van der Waals surface area (Å²) in [6.07, 6.45) is 0.262. The number of benzene rings is 1. The molecule has 0 spiro atoms. The molecule has 7 heteroatoms. The van der Waals surface area contributed by atoms with Gasteiger partial charge in [-0.05, 0) is 19.1 Å². The summed E-state index contributed by atoms with van der Waals surface area (Å²) in [5.41, 5.74) is 5.72. The molecule has 7 nitrogen and oxygen atoms in total. The lowest BCUT2D eigenvalue weighted by molar-refractivity contribution is -0.125. The number of aromatic nitrogens is 3. The van der Waals surface area contributed by atoms with Gasteiger partial charge >= 0.3 is 5.97 Å². The van der Waals surface area contributed by atoms with Gasteiger partial charge in [-0.1, -0.05) is 18.2 Å². The number of hydrogen-bond donors (Lipinski definition) is 1. The summed E-state index contributed by atoms with van der Waals surface area (Å²) in [6, 6.07) is 9.09. The number of esters is 1. The molecule has 98 valence electrons. The number of rotatable bonds is 4. The van der Waals surface area contributed by atoms with Crippen LogP contribution >= 0.6 is 0 Å². The van der Waals surface area contributed by atoms with Crippen LogP contribution in [0, 0.1) is 0 Å². The van der Waals surface area contributed by atoms with E-state index < -0.39 is 18.0 Å². The SMILES string of the molecule is CC(OC(=O)c1cnn(-c2ccccc2)n1)C(N)=O. The van der Waals surface area contributed by atoms with Gasteiger partial charge in [-0.2, -0.15) is 9.90 Å². The van der Waals surface area contributed by atoms with Crippen molar-refractivity contribution in [1.82, 2.24) is 15.0 Å². The number of primary amides is 1. The minimum atomic E-state index is -1.01. The van der Waals surface area contributed by atoms with E-state index >= 15 is 0 Å². The summed E-state index contributed by atoms with van der Waals surface area (Å²) in [5.74, 6) is -1.46. The molecule has 1 unspecified atom stereocenters. The lowest BCUT2D eigenvalue weighted by atomic mass is 10.3. The second-order valence-corrected chi connectivity index (χ2v) is 3.80. The molecule has 0 aliphatic carbocycles. The summed E-state index contributed by atoms with van der Waals surface area (Å²) in [4.78, 5) is 23.8. The fourth-order valence-corrected chi connectivity index (χ4v) is 1.32. The summed E-state index contributed by atoms with van der Waals surface area (Å²) in [7, 11) is 0. The first kappa shape index (κ1) is 12.7. The van der Waals surface area contributed by atoms with Crippen molar-refractivity contribution in [1.29, 1.82) is 0 Å². The first-order chi connectivity index (χ1) is 9.08. The quantitative estimate of drug-likeness (QED) is 0.797. The van der Waals surface area contributed by atoms with E-state index in [9.17, 15) is 9.59 Å². The highest BCUT2D eigenvalue weighted by Gasteiger charge is 2.19. The van der Waals surface area contributed by atoms with Crippen LogP contribution in [0.2, 0.25) is 0 Å². The molecule has 2 rings (SSSR count). The zero-order valence-corrected chi connectivity index (χ0v) is 10.2. The third-order valence-electron chi connectivity index (χ3n) is 2.37. The van der Waals surface area contributed by atoms with Crippen LogP contribution in [0.25, 0.3) is 5.69 Å². The number of nitrogens with zero attached hydrogens (tertiary/aromatic N) is 3. The number of ether oxygens (including phenoxy) is 1. The molecule has 1 heterocycles. The Morgan fingerprint density at radius 3 is 2.63 bits per heavy atom. The molecule has 1 aromatic carbocycles. The van der Waals surface area contributed by atoms with Gasteiger partial charge in [0, 0.05) is 0 Å². The van der Waals surface area contributed by atoms with E-state index in [1.54, 1.807) is 12.1 Å². The van der Waals surface area contributed by atoms with Crippen LogP contribution in [0.15, 0.2) is 36.5 Å². The average molecular weight is 260 g/mol. The smallest absolute Gasteiger partial charge is 0.361 e. The van der Waals surface area contributed by atoms with E-state index in [1.165, 1.54) is 17.9 Å². The Morgan fingerprint density at radius 2 is 2.00 bits per heavy atom. The Hall–Kier alpha value is -2.70. The van der Waals surface area contributed by atoms with Crippen LogP contribution in [0.5, 0.6) is 0 Å². The van der Waals surface area contributed by atoms with Gasteiger partial charge < -0.3 is 10.5 Å². The van der Waals surface area contributed by atoms with Crippen molar-refractivity contribution in [2.24, 2.45) is 5.73 Å². The van der Waals surface area contributed by atoms with Gasteiger partial charge in [0.25, 0.3) is 5.91 Å². The lowest BCUT2D eigenvalue weighted by Gasteiger charge is -2.07. The second-order valence-electron chi connectivity index (χ2n) is 3.80. The molecule has 1 amide bonds. The highest BCUT2D eigenvalue weighted by atomic mass is 16.5. The van der Waals surface area contributed by atoms with E-state index in [2.05, 4.69) is 10.2 Å². The topological polar surface area (TPSA) is 100 Å². The van der Waals surface area contributed by atoms with Crippen LogP contribution < -0.4 is 5.73 Å². The Balaban J connectivity index is 2.13. The minimum Gasteiger partial charge on any atom is -0.448 e. The van der Waals surface area contributed by atoms with E-state index in [-0.39, 0.29) is 5.69 Å². The normalized spacial score (nSPS) is 11.8. The van der Waals surface area contributed by atoms with Crippen LogP contribution in [-0.2, 0) is 9.53 Å². The molecule has 19 heavy (non-hydrogen) atoms. The molecule has 0 saturated carbocycles. The second kappa shape index (κ2) is 5.30. The number of carbonyl (C=O) groups is 2. The summed E-state index contributed by atoms with van der Waals surface area (Å²) in [5, 5.41) is 7.92. The molecule has 0 aliphatic heterocycles. The Bertz CT molecular complexity index is 594. The van der Waals surface area contributed by atoms with E-state index in [4.69, 9.17) is 10.5 Å². The highest BCUT2D eigenvalue weighted by molar-refractivity contribution is 5.89. The van der Waals surface area contributed by atoms with Gasteiger partial charge in [0.2, 0.25) is 0 Å². The standard InChI is InChI=1S/C12H12N4O3/c1-8(11(13)17)19-12(18)10-7-14-16(15-10)9-5-3-2-4-6-9/h2-8H,1H3,(H2,13,17). The van der Waals surface area contributed by atoms with Gasteiger partial charge in [0.15, 0.2) is 11.8 Å². The molecule has 1 aromatic heterocycles. The number of hydrogen-bond acceptors (Lipinski definition) is 5. The van der Waals surface area contributed by atoms with E-state index in [1.807, 2.05) is 18.2 Å². The van der Waals surface area contributed by atoms with Crippen molar-refractivity contribution in [3.8, 4) is 5.69 Å². The van der Waals surface area contributed by atoms with E-state index in [0.717, 1.165) is 0 Å². The van der Waals surface area contributed by atoms with Crippen LogP contribution in [-0.4, -0.2) is 33.0 Å². The fourth-order valence-electron chi connectivity index (χ4n) is 1.32. The molecule has 0 aliphatic rings. The largest absolute Gasteiger partial charge is 0.448 e. The molecule has 0 saturated heterocycles. The first-order valence-electron chi connectivity index (χ1n) is 5.56. The third kappa shape index (κ3) is 2.95. The molecule has 1 atom stereocenters. The Labute approximate surface area is 109 Å². The van der Waals surface area contributed by atoms with Gasteiger partial charge in [-0.15, -0.1) is 5.10 Å². The number of nitrogens with two attached hydrogens (primary N) is 1. The maximum Gasteiger partial charge on any atom is 0.361 e. The minimum absolute atomic E-state index is 0.0111. The van der Waals surface area contributed by atoms with Crippen molar-refractivity contribution in [3.05, 3.63) is 42.2 Å². The van der Waals surface area contributed by atoms with Crippen molar-refractivity contribution in [2.75, 3.05) is 0 Å². The summed E-state index contributed by atoms with van der Waals surface area (Å²) < 4.78 is 4.82. The summed E-state index contributed by atoms with van der Waals surface area (Å²) >= 11 is 0. The number of para-hydroxylation sites is 1. The van der Waals surface area contributed by atoms with Gasteiger partial charge in [0.1, 0.15) is 0 Å². The molecule has 2 N–H and O–H groups in total. The van der Waals surface area contributed by atoms with Gasteiger partial charge in [-0.25, -0.2) is 4.79 Å². The molecule has 0 fully saturated rings. The molecule has 0 radical (unpaired) electrons. The first-order valence-corrected chi connectivity index (χ1v) is 5.56. The lowest BCUT2D eigenvalue weighted by Crippen LogP contribution is -2.30. The summed E-state index contributed by atoms with van der Waals surface area (Å²) in [6.45, 7) is 1.39. The zero-order chi connectivity index (χ0) is 13.8. The van der Waals surface area contributed by atoms with Crippen molar-refractivity contribution in [2.45, 2.75) is 13.0 Å². The molecule has 2 aromatic rings. The van der Waals surface area contributed by atoms with Crippen LogP contribution in [0.3, 0.4) is 0 Å². The molecular weight excluding hydrogens is 248 g/mol. The predicted octanol–water partition coefficient (Wildman–Crippen LogP) is 0.298. The number of carbonyl (C=O) groups excluding carboxylic acids is 2. The van der Waals surface area contributed by atoms with Crippen LogP contribution in [0.1, 0.15) is 17.4 Å². The highest BCUT2D eigenvalue weighted by Crippen LogP contribution is 2.05. The monoisotopic (exact) mass is 260 g/mol. The average Bonchev–Trinajstić information content (AvgIpc) is 2.89. The third-order valence-corrected chi connectivity index (χ3v) is 2.37. The molecular formula is C12H12N4O3. The van der Waals surface area contributed by atoms with Gasteiger partial charge in [-0.3, -0.25) is 4.79 Å². The number of amides is 1. The van der Waals surface area contributed by atoms with Gasteiger partial charge in [0.05, 0.1) is 11.9 Å². The Kier molecular flexibility index (Phi) is 3.56. The van der Waals surface area contributed by atoms with E-state index in [0.29, 0.717) is 5.69 Å². The van der Waals surface area contributed by atoms with Crippen LogP contribution in [0.4, 0.5) is 0 Å². The molecule has 0 bridgehead atoms. The predicted molar refractivity (Wildman–Crippen MR) is 65.4 cm³/mol. The van der Waals surface area contributed by atoms with Crippen molar-refractivity contribution in [3.63, 3.8) is 0 Å². The Morgan fingerprint density at radius 1 is 1.32 bits per heavy atom. The van der Waals surface area contributed by atoms with Crippen molar-refractivity contribution >= 4 is 11.9 Å². The van der Waals surface area contributed by atoms with Crippen molar-refractivity contribution < 1.29 is 14.3 Å². The maximum atomic E-state index is 11.7. The maximum absolute atomic E-state index is 11.7. The zero-order valence-electron chi connectivity index (χ0n) is 10.2. The fraction of sp³-hybridized carbons (Fsp3) is 0.167.